The van der Waals surface area contributed by atoms with E-state index in [9.17, 15) is 0 Å². The molecule has 3 heteroatoms. The van der Waals surface area contributed by atoms with Crippen molar-refractivity contribution in [3.05, 3.63) is 107 Å². The summed E-state index contributed by atoms with van der Waals surface area (Å²) in [6.45, 7) is 0.978. The van der Waals surface area contributed by atoms with E-state index in [2.05, 4.69) is 24.3 Å². The largest absolute Gasteiger partial charge is 0.375 e. The van der Waals surface area contributed by atoms with Gasteiger partial charge in [-0.2, -0.15) is 0 Å². The summed E-state index contributed by atoms with van der Waals surface area (Å²) in [6, 6.07) is 28.3. The van der Waals surface area contributed by atoms with Crippen molar-refractivity contribution < 1.29 is 4.74 Å². The maximum absolute atomic E-state index is 6.52. The third-order valence-electron chi connectivity index (χ3n) is 4.21. The van der Waals surface area contributed by atoms with E-state index in [1.165, 1.54) is 11.1 Å². The van der Waals surface area contributed by atoms with Crippen molar-refractivity contribution in [3.63, 3.8) is 0 Å². The Balaban J connectivity index is 1.70. The zero-order chi connectivity index (χ0) is 17.5. The van der Waals surface area contributed by atoms with Gasteiger partial charge >= 0.3 is 0 Å². The number of benzene rings is 3. The molecular weight excluding hydrogens is 330 g/mol. The van der Waals surface area contributed by atoms with Crippen LogP contribution in [0.5, 0.6) is 0 Å². The number of hydrogen-bond donors (Lipinski definition) is 1. The standard InChI is InChI=1S/C22H22ClNO/c23-20-13-7-8-17(14-20)15-25-16-21(24)22(18-9-3-1-4-10-18)19-11-5-2-6-12-19/h1-14,21-22H,15-16,24H2/t21-/m1/s1. The molecule has 3 rings (SSSR count). The Hall–Kier alpha value is -2.13. The number of hydrogen-bond acceptors (Lipinski definition) is 2. The normalized spacial score (nSPS) is 12.3. The van der Waals surface area contributed by atoms with Gasteiger partial charge in [0.2, 0.25) is 0 Å². The van der Waals surface area contributed by atoms with Crippen LogP contribution in [-0.2, 0) is 11.3 Å². The van der Waals surface area contributed by atoms with Gasteiger partial charge < -0.3 is 10.5 Å². The Bertz CT molecular complexity index is 737. The van der Waals surface area contributed by atoms with Crippen LogP contribution in [0.25, 0.3) is 0 Å². The molecule has 0 aromatic heterocycles. The SMILES string of the molecule is N[C@H](COCc1cccc(Cl)c1)C(c1ccccc1)c1ccccc1. The lowest BCUT2D eigenvalue weighted by Gasteiger charge is -2.25. The summed E-state index contributed by atoms with van der Waals surface area (Å²) in [5.41, 5.74) is 9.98. The highest BCUT2D eigenvalue weighted by molar-refractivity contribution is 6.30. The van der Waals surface area contributed by atoms with Gasteiger partial charge in [-0.3, -0.25) is 0 Å². The number of rotatable bonds is 7. The van der Waals surface area contributed by atoms with Crippen molar-refractivity contribution in [2.45, 2.75) is 18.6 Å². The predicted molar refractivity (Wildman–Crippen MR) is 104 cm³/mol. The van der Waals surface area contributed by atoms with Crippen LogP contribution in [-0.4, -0.2) is 12.6 Å². The number of halogens is 1. The lowest BCUT2D eigenvalue weighted by Crippen LogP contribution is -2.34. The van der Waals surface area contributed by atoms with Crippen molar-refractivity contribution in [1.29, 1.82) is 0 Å². The van der Waals surface area contributed by atoms with Gasteiger partial charge in [-0.25, -0.2) is 0 Å². The highest BCUT2D eigenvalue weighted by Gasteiger charge is 2.21. The van der Waals surface area contributed by atoms with Gasteiger partial charge in [-0.1, -0.05) is 84.4 Å². The average Bonchev–Trinajstić information content (AvgIpc) is 2.64. The summed E-state index contributed by atoms with van der Waals surface area (Å²) in [7, 11) is 0. The first kappa shape index (κ1) is 17.7. The van der Waals surface area contributed by atoms with E-state index in [4.69, 9.17) is 22.1 Å². The van der Waals surface area contributed by atoms with Gasteiger partial charge in [0.15, 0.2) is 0 Å². The molecule has 1 atom stereocenters. The van der Waals surface area contributed by atoms with Crippen molar-refractivity contribution >= 4 is 11.6 Å². The topological polar surface area (TPSA) is 35.2 Å². The first-order valence-electron chi connectivity index (χ1n) is 8.41. The Morgan fingerprint density at radius 1 is 0.800 bits per heavy atom. The minimum Gasteiger partial charge on any atom is -0.375 e. The highest BCUT2D eigenvalue weighted by Crippen LogP contribution is 2.27. The molecule has 0 fully saturated rings. The summed E-state index contributed by atoms with van der Waals surface area (Å²) in [4.78, 5) is 0. The first-order valence-corrected chi connectivity index (χ1v) is 8.79. The maximum Gasteiger partial charge on any atom is 0.0718 e. The molecule has 0 saturated carbocycles. The molecule has 0 spiro atoms. The van der Waals surface area contributed by atoms with E-state index in [1.54, 1.807) is 0 Å². The van der Waals surface area contributed by atoms with Crippen LogP contribution in [0.15, 0.2) is 84.9 Å². The van der Waals surface area contributed by atoms with Crippen LogP contribution in [0.3, 0.4) is 0 Å². The lowest BCUT2D eigenvalue weighted by atomic mass is 9.86. The molecule has 128 valence electrons. The van der Waals surface area contributed by atoms with Crippen molar-refractivity contribution in [1.82, 2.24) is 0 Å². The molecule has 0 bridgehead atoms. The van der Waals surface area contributed by atoms with E-state index in [0.29, 0.717) is 13.2 Å². The quantitative estimate of drug-likeness (QED) is 0.649. The van der Waals surface area contributed by atoms with Crippen molar-refractivity contribution in [2.75, 3.05) is 6.61 Å². The predicted octanol–water partition coefficient (Wildman–Crippen LogP) is 5.02. The molecule has 0 heterocycles. The van der Waals surface area contributed by atoms with E-state index < -0.39 is 0 Å². The zero-order valence-corrected chi connectivity index (χ0v) is 14.8. The lowest BCUT2D eigenvalue weighted by molar-refractivity contribution is 0.104. The Morgan fingerprint density at radius 2 is 1.40 bits per heavy atom. The molecule has 25 heavy (non-hydrogen) atoms. The van der Waals surface area contributed by atoms with Gasteiger partial charge in [0.25, 0.3) is 0 Å². The fraction of sp³-hybridized carbons (Fsp3) is 0.182. The minimum atomic E-state index is -0.135. The van der Waals surface area contributed by atoms with E-state index in [-0.39, 0.29) is 12.0 Å². The van der Waals surface area contributed by atoms with Gasteiger partial charge in [-0.05, 0) is 28.8 Å². The second-order valence-corrected chi connectivity index (χ2v) is 6.54. The van der Waals surface area contributed by atoms with E-state index >= 15 is 0 Å². The Kier molecular flexibility index (Phi) is 6.24. The van der Waals surface area contributed by atoms with Gasteiger partial charge in [-0.15, -0.1) is 0 Å². The third kappa shape index (κ3) is 4.93. The fourth-order valence-corrected chi connectivity index (χ4v) is 3.26. The monoisotopic (exact) mass is 351 g/mol. The first-order chi connectivity index (χ1) is 12.2. The fourth-order valence-electron chi connectivity index (χ4n) is 3.04. The van der Waals surface area contributed by atoms with Crippen LogP contribution in [0, 0.1) is 0 Å². The summed E-state index contributed by atoms with van der Waals surface area (Å²) in [5.74, 6) is 0.0989. The van der Waals surface area contributed by atoms with Gasteiger partial charge in [0.05, 0.1) is 13.2 Å². The van der Waals surface area contributed by atoms with E-state index in [1.807, 2.05) is 60.7 Å². The third-order valence-corrected chi connectivity index (χ3v) is 4.45. The Morgan fingerprint density at radius 3 is 1.96 bits per heavy atom. The summed E-state index contributed by atoms with van der Waals surface area (Å²) in [5, 5.41) is 0.719. The molecule has 0 radical (unpaired) electrons. The highest BCUT2D eigenvalue weighted by atomic mass is 35.5. The maximum atomic E-state index is 6.52. The molecule has 3 aromatic rings. The zero-order valence-electron chi connectivity index (χ0n) is 14.0. The van der Waals surface area contributed by atoms with Crippen LogP contribution >= 0.6 is 11.6 Å². The second-order valence-electron chi connectivity index (χ2n) is 6.11. The van der Waals surface area contributed by atoms with Crippen molar-refractivity contribution in [2.24, 2.45) is 5.73 Å². The summed E-state index contributed by atoms with van der Waals surface area (Å²) in [6.07, 6.45) is 0. The van der Waals surface area contributed by atoms with Crippen LogP contribution < -0.4 is 5.73 Å². The Labute approximate surface area is 154 Å². The molecule has 0 aliphatic rings. The molecule has 2 N–H and O–H groups in total. The van der Waals surface area contributed by atoms with Crippen LogP contribution in [0.2, 0.25) is 5.02 Å². The van der Waals surface area contributed by atoms with Crippen LogP contribution in [0.1, 0.15) is 22.6 Å². The van der Waals surface area contributed by atoms with Gasteiger partial charge in [0.1, 0.15) is 0 Å². The molecule has 2 nitrogen and oxygen atoms in total. The van der Waals surface area contributed by atoms with Crippen molar-refractivity contribution in [3.8, 4) is 0 Å². The van der Waals surface area contributed by atoms with Crippen LogP contribution in [0.4, 0.5) is 0 Å². The summed E-state index contributed by atoms with van der Waals surface area (Å²) >= 11 is 6.02. The molecule has 3 aromatic carbocycles. The molecule has 0 amide bonds. The number of nitrogens with two attached hydrogens (primary N) is 1. The smallest absolute Gasteiger partial charge is 0.0718 e. The molecule has 0 aliphatic heterocycles. The average molecular weight is 352 g/mol. The van der Waals surface area contributed by atoms with Gasteiger partial charge in [0, 0.05) is 17.0 Å². The molecular formula is C22H22ClNO. The molecule has 0 saturated heterocycles. The molecule has 0 aliphatic carbocycles. The second kappa shape index (κ2) is 8.82. The van der Waals surface area contributed by atoms with E-state index in [0.717, 1.165) is 10.6 Å². The minimum absolute atomic E-state index is 0.0989. The summed E-state index contributed by atoms with van der Waals surface area (Å²) < 4.78 is 5.88. The molecule has 0 unspecified atom stereocenters. The number of ether oxygens (including phenoxy) is 1.